The van der Waals surface area contributed by atoms with Gasteiger partial charge in [0, 0.05) is 12.5 Å². The molecule has 0 fully saturated rings. The fourth-order valence-corrected chi connectivity index (χ4v) is 3.17. The molecule has 0 aliphatic rings. The van der Waals surface area contributed by atoms with Gasteiger partial charge in [0.25, 0.3) is 5.91 Å². The van der Waals surface area contributed by atoms with Crippen molar-refractivity contribution in [3.63, 3.8) is 0 Å². The lowest BCUT2D eigenvalue weighted by molar-refractivity contribution is -0.109. The lowest BCUT2D eigenvalue weighted by atomic mass is 10.2. The first-order valence-corrected chi connectivity index (χ1v) is 8.28. The van der Waals surface area contributed by atoms with E-state index in [2.05, 4.69) is 10.3 Å². The summed E-state index contributed by atoms with van der Waals surface area (Å²) in [7, 11) is 0. The first-order chi connectivity index (χ1) is 10.5. The molecule has 22 heavy (non-hydrogen) atoms. The van der Waals surface area contributed by atoms with Crippen LogP contribution in [0.5, 0.6) is 0 Å². The average Bonchev–Trinajstić information content (AvgIpc) is 2.86. The average molecular weight is 334 g/mol. The number of thioether (sulfide) groups is 1. The predicted molar refractivity (Wildman–Crippen MR) is 88.7 cm³/mol. The Kier molecular flexibility index (Phi) is 5.46. The SMILES string of the molecule is CC(=O)SCC(=O)c1sc(NC(=O)c2ccccc2)nc1C. The lowest BCUT2D eigenvalue weighted by Gasteiger charge is -2.00. The highest BCUT2D eigenvalue weighted by atomic mass is 32.2. The number of benzene rings is 1. The molecule has 0 radical (unpaired) electrons. The van der Waals surface area contributed by atoms with Crippen LogP contribution >= 0.6 is 23.1 Å². The normalized spacial score (nSPS) is 10.3. The van der Waals surface area contributed by atoms with Gasteiger partial charge >= 0.3 is 0 Å². The van der Waals surface area contributed by atoms with Crippen LogP contribution in [0.3, 0.4) is 0 Å². The summed E-state index contributed by atoms with van der Waals surface area (Å²) in [6.07, 6.45) is 0. The van der Waals surface area contributed by atoms with Gasteiger partial charge < -0.3 is 0 Å². The van der Waals surface area contributed by atoms with Gasteiger partial charge in [-0.05, 0) is 19.1 Å². The number of nitrogens with zero attached hydrogens (tertiary/aromatic N) is 1. The van der Waals surface area contributed by atoms with Crippen LogP contribution in [0.2, 0.25) is 0 Å². The Labute approximate surface area is 136 Å². The Balaban J connectivity index is 2.08. The number of hydrogen-bond acceptors (Lipinski definition) is 6. The molecule has 0 aliphatic heterocycles. The fourth-order valence-electron chi connectivity index (χ4n) is 1.70. The number of hydrogen-bond donors (Lipinski definition) is 1. The first kappa shape index (κ1) is 16.4. The molecule has 1 aromatic carbocycles. The van der Waals surface area contributed by atoms with Crippen molar-refractivity contribution in [2.24, 2.45) is 0 Å². The van der Waals surface area contributed by atoms with E-state index in [9.17, 15) is 14.4 Å². The molecule has 1 N–H and O–H groups in total. The molecular formula is C15H14N2O3S2. The Morgan fingerprint density at radius 3 is 2.55 bits per heavy atom. The molecule has 2 rings (SSSR count). The minimum atomic E-state index is -0.272. The van der Waals surface area contributed by atoms with Crippen molar-refractivity contribution in [1.29, 1.82) is 0 Å². The summed E-state index contributed by atoms with van der Waals surface area (Å²) in [5.41, 5.74) is 1.08. The van der Waals surface area contributed by atoms with Crippen LogP contribution in [0.25, 0.3) is 0 Å². The third-order valence-electron chi connectivity index (χ3n) is 2.71. The molecule has 1 heterocycles. The third-order valence-corrected chi connectivity index (χ3v) is 4.64. The van der Waals surface area contributed by atoms with Crippen LogP contribution in [-0.4, -0.2) is 27.5 Å². The molecule has 0 saturated heterocycles. The predicted octanol–water partition coefficient (Wildman–Crippen LogP) is 3.17. The smallest absolute Gasteiger partial charge is 0.257 e. The molecule has 114 valence electrons. The summed E-state index contributed by atoms with van der Waals surface area (Å²) >= 11 is 2.09. The number of aryl methyl sites for hydroxylation is 1. The van der Waals surface area contributed by atoms with E-state index in [1.807, 2.05) is 6.07 Å². The van der Waals surface area contributed by atoms with Crippen molar-refractivity contribution < 1.29 is 14.4 Å². The minimum Gasteiger partial charge on any atom is -0.298 e. The van der Waals surface area contributed by atoms with Crippen LogP contribution < -0.4 is 5.32 Å². The number of nitrogens with one attached hydrogen (secondary N) is 1. The van der Waals surface area contributed by atoms with Crippen LogP contribution in [0.1, 0.15) is 32.6 Å². The standard InChI is InChI=1S/C15H14N2O3S2/c1-9-13(12(19)8-21-10(2)18)22-15(16-9)17-14(20)11-6-4-3-5-7-11/h3-7H,8H2,1-2H3,(H,16,17,20). The molecule has 0 aliphatic carbocycles. The van der Waals surface area contributed by atoms with Crippen molar-refractivity contribution in [3.05, 3.63) is 46.5 Å². The summed E-state index contributed by atoms with van der Waals surface area (Å²) in [6, 6.07) is 8.77. The summed E-state index contributed by atoms with van der Waals surface area (Å²) in [4.78, 5) is 39.6. The van der Waals surface area contributed by atoms with Crippen LogP contribution in [0.15, 0.2) is 30.3 Å². The molecule has 0 bridgehead atoms. The van der Waals surface area contributed by atoms with Gasteiger partial charge in [-0.1, -0.05) is 41.3 Å². The maximum atomic E-state index is 12.0. The highest BCUT2D eigenvalue weighted by Gasteiger charge is 2.17. The van der Waals surface area contributed by atoms with E-state index in [1.54, 1.807) is 31.2 Å². The Morgan fingerprint density at radius 2 is 1.91 bits per heavy atom. The van der Waals surface area contributed by atoms with Gasteiger partial charge in [-0.25, -0.2) is 4.98 Å². The molecule has 7 heteroatoms. The second kappa shape index (κ2) is 7.33. The van der Waals surface area contributed by atoms with Crippen molar-refractivity contribution in [2.75, 3.05) is 11.1 Å². The van der Waals surface area contributed by atoms with Crippen molar-refractivity contribution in [1.82, 2.24) is 4.98 Å². The molecule has 0 atom stereocenters. The van der Waals surface area contributed by atoms with Gasteiger partial charge in [0.2, 0.25) is 0 Å². The van der Waals surface area contributed by atoms with Crippen molar-refractivity contribution in [2.45, 2.75) is 13.8 Å². The first-order valence-electron chi connectivity index (χ1n) is 6.47. The fraction of sp³-hybridized carbons (Fsp3) is 0.200. The summed E-state index contributed by atoms with van der Waals surface area (Å²) in [5.74, 6) is -0.341. The molecule has 1 aromatic heterocycles. The van der Waals surface area contributed by atoms with Crippen molar-refractivity contribution >= 4 is 45.0 Å². The molecule has 1 amide bonds. The van der Waals surface area contributed by atoms with Gasteiger partial charge in [0.05, 0.1) is 16.3 Å². The number of rotatable bonds is 5. The number of carbonyl (C=O) groups excluding carboxylic acids is 3. The molecule has 5 nitrogen and oxygen atoms in total. The van der Waals surface area contributed by atoms with Gasteiger partial charge in [-0.15, -0.1) is 0 Å². The van der Waals surface area contributed by atoms with E-state index in [0.29, 0.717) is 21.3 Å². The topological polar surface area (TPSA) is 76.1 Å². The van der Waals surface area contributed by atoms with Crippen molar-refractivity contribution in [3.8, 4) is 0 Å². The number of Topliss-reactive ketones (excluding diaryl/α,β-unsaturated/α-hetero) is 1. The zero-order chi connectivity index (χ0) is 16.1. The van der Waals surface area contributed by atoms with Gasteiger partial charge in [0.15, 0.2) is 16.0 Å². The zero-order valence-electron chi connectivity index (χ0n) is 12.1. The second-order valence-electron chi connectivity index (χ2n) is 4.46. The number of thiazole rings is 1. The molecular weight excluding hydrogens is 320 g/mol. The molecule has 0 spiro atoms. The third kappa shape index (κ3) is 4.25. The van der Waals surface area contributed by atoms with Crippen LogP contribution in [0, 0.1) is 6.92 Å². The molecule has 0 saturated carbocycles. The Bertz CT molecular complexity index is 711. The minimum absolute atomic E-state index is 0.0877. The molecule has 0 unspecified atom stereocenters. The number of anilines is 1. The molecule has 2 aromatic rings. The lowest BCUT2D eigenvalue weighted by Crippen LogP contribution is -2.11. The Morgan fingerprint density at radius 1 is 1.23 bits per heavy atom. The highest BCUT2D eigenvalue weighted by Crippen LogP contribution is 2.24. The quantitative estimate of drug-likeness (QED) is 0.850. The largest absolute Gasteiger partial charge is 0.298 e. The highest BCUT2D eigenvalue weighted by molar-refractivity contribution is 8.14. The number of amides is 1. The van der Waals surface area contributed by atoms with E-state index in [4.69, 9.17) is 0 Å². The Hall–Kier alpha value is -1.99. The van der Waals surface area contributed by atoms with E-state index < -0.39 is 0 Å². The number of ketones is 1. The van der Waals surface area contributed by atoms with Crippen LogP contribution in [-0.2, 0) is 4.79 Å². The number of carbonyl (C=O) groups is 3. The van der Waals surface area contributed by atoms with E-state index >= 15 is 0 Å². The maximum absolute atomic E-state index is 12.0. The number of aromatic nitrogens is 1. The van der Waals surface area contributed by atoms with Gasteiger partial charge in [-0.3, -0.25) is 19.7 Å². The van der Waals surface area contributed by atoms with E-state index in [0.717, 1.165) is 23.1 Å². The summed E-state index contributed by atoms with van der Waals surface area (Å²) in [5, 5.41) is 2.96. The van der Waals surface area contributed by atoms with E-state index in [-0.39, 0.29) is 22.6 Å². The zero-order valence-corrected chi connectivity index (χ0v) is 13.7. The summed E-state index contributed by atoms with van der Waals surface area (Å²) in [6.45, 7) is 3.13. The van der Waals surface area contributed by atoms with Crippen LogP contribution in [0.4, 0.5) is 5.13 Å². The van der Waals surface area contributed by atoms with E-state index in [1.165, 1.54) is 6.92 Å². The summed E-state index contributed by atoms with van der Waals surface area (Å²) < 4.78 is 0. The monoisotopic (exact) mass is 334 g/mol. The maximum Gasteiger partial charge on any atom is 0.257 e. The van der Waals surface area contributed by atoms with Gasteiger partial charge in [0.1, 0.15) is 0 Å². The van der Waals surface area contributed by atoms with Gasteiger partial charge in [-0.2, -0.15) is 0 Å². The second-order valence-corrected chi connectivity index (χ2v) is 6.61.